The fourth-order valence-electron chi connectivity index (χ4n) is 1.96. The molecule has 0 atom stereocenters. The van der Waals surface area contributed by atoms with Gasteiger partial charge < -0.3 is 20.3 Å². The Morgan fingerprint density at radius 2 is 1.79 bits per heavy atom. The van der Waals surface area contributed by atoms with Crippen LogP contribution in [0, 0.1) is 0 Å². The maximum Gasteiger partial charge on any atom is 0.410 e. The number of carbonyl (C=O) groups excluding carboxylic acids is 1. The van der Waals surface area contributed by atoms with Gasteiger partial charge in [-0.15, -0.1) is 0 Å². The lowest BCUT2D eigenvalue weighted by Gasteiger charge is -2.24. The highest BCUT2D eigenvalue weighted by molar-refractivity contribution is 5.79. The topological polar surface area (TPSA) is 66.0 Å². The number of benzene rings is 1. The van der Waals surface area contributed by atoms with Crippen LogP contribution >= 0.6 is 0 Å². The zero-order chi connectivity index (χ0) is 18.0. The van der Waals surface area contributed by atoms with Crippen LogP contribution in [-0.2, 0) is 11.2 Å². The molecule has 0 saturated carbocycles. The van der Waals surface area contributed by atoms with E-state index < -0.39 is 5.60 Å². The number of guanidine groups is 1. The Balaban J connectivity index is 2.25. The van der Waals surface area contributed by atoms with Gasteiger partial charge in [-0.1, -0.05) is 30.3 Å². The third-order valence-electron chi connectivity index (χ3n) is 3.22. The summed E-state index contributed by atoms with van der Waals surface area (Å²) >= 11 is 0. The van der Waals surface area contributed by atoms with Crippen LogP contribution in [0.15, 0.2) is 35.3 Å². The third-order valence-corrected chi connectivity index (χ3v) is 3.22. The van der Waals surface area contributed by atoms with Gasteiger partial charge in [-0.2, -0.15) is 0 Å². The first-order valence-corrected chi connectivity index (χ1v) is 8.24. The summed E-state index contributed by atoms with van der Waals surface area (Å²) in [7, 11) is 3.46. The Kier molecular flexibility index (Phi) is 8.09. The van der Waals surface area contributed by atoms with E-state index >= 15 is 0 Å². The van der Waals surface area contributed by atoms with Gasteiger partial charge in [0.2, 0.25) is 0 Å². The van der Waals surface area contributed by atoms with Crippen LogP contribution in [0.1, 0.15) is 26.3 Å². The van der Waals surface area contributed by atoms with Gasteiger partial charge in [-0.3, -0.25) is 4.99 Å². The second-order valence-corrected chi connectivity index (χ2v) is 6.56. The highest BCUT2D eigenvalue weighted by atomic mass is 16.6. The van der Waals surface area contributed by atoms with E-state index in [1.165, 1.54) is 5.56 Å². The number of nitrogens with one attached hydrogen (secondary N) is 2. The zero-order valence-electron chi connectivity index (χ0n) is 15.4. The number of aliphatic imine (C=N–C) groups is 1. The van der Waals surface area contributed by atoms with Crippen molar-refractivity contribution in [1.29, 1.82) is 0 Å². The molecule has 2 N–H and O–H groups in total. The standard InChI is InChI=1S/C18H30N4O2/c1-18(2,3)24-17(23)22(5)14-13-21-16(19-4)20-12-11-15-9-7-6-8-10-15/h6-10H,11-14H2,1-5H3,(H2,19,20,21). The van der Waals surface area contributed by atoms with Crippen LogP contribution in [0.4, 0.5) is 4.79 Å². The molecule has 0 unspecified atom stereocenters. The maximum absolute atomic E-state index is 11.9. The lowest BCUT2D eigenvalue weighted by molar-refractivity contribution is 0.0302. The number of likely N-dealkylation sites (N-methyl/N-ethyl adjacent to an activating group) is 1. The predicted molar refractivity (Wildman–Crippen MR) is 98.4 cm³/mol. The molecule has 0 aliphatic heterocycles. The van der Waals surface area contributed by atoms with Gasteiger partial charge in [0.05, 0.1) is 0 Å². The van der Waals surface area contributed by atoms with Crippen molar-refractivity contribution in [3.63, 3.8) is 0 Å². The molecule has 0 radical (unpaired) electrons. The van der Waals surface area contributed by atoms with Crippen LogP contribution in [0.5, 0.6) is 0 Å². The number of amides is 1. The average molecular weight is 334 g/mol. The van der Waals surface area contributed by atoms with E-state index in [2.05, 4.69) is 27.8 Å². The number of rotatable bonds is 6. The Morgan fingerprint density at radius 1 is 1.17 bits per heavy atom. The molecular weight excluding hydrogens is 304 g/mol. The molecule has 1 aromatic rings. The van der Waals surface area contributed by atoms with Crippen molar-refractivity contribution in [2.75, 3.05) is 33.7 Å². The zero-order valence-corrected chi connectivity index (χ0v) is 15.4. The van der Waals surface area contributed by atoms with E-state index in [0.717, 1.165) is 18.9 Å². The summed E-state index contributed by atoms with van der Waals surface area (Å²) in [5.41, 5.74) is 0.804. The smallest absolute Gasteiger partial charge is 0.410 e. The molecule has 1 amide bonds. The Hall–Kier alpha value is -2.24. The lowest BCUT2D eigenvalue weighted by atomic mass is 10.1. The molecule has 0 spiro atoms. The monoisotopic (exact) mass is 334 g/mol. The normalized spacial score (nSPS) is 11.8. The van der Waals surface area contributed by atoms with Crippen molar-refractivity contribution >= 4 is 12.1 Å². The summed E-state index contributed by atoms with van der Waals surface area (Å²) in [6.45, 7) is 7.50. The van der Waals surface area contributed by atoms with Gasteiger partial charge in [-0.25, -0.2) is 4.79 Å². The Labute approximate surface area is 145 Å². The number of carbonyl (C=O) groups is 1. The molecule has 0 heterocycles. The van der Waals surface area contributed by atoms with Crippen LogP contribution in [0.3, 0.4) is 0 Å². The minimum absolute atomic E-state index is 0.323. The lowest BCUT2D eigenvalue weighted by Crippen LogP contribution is -2.43. The Bertz CT molecular complexity index is 524. The van der Waals surface area contributed by atoms with E-state index in [9.17, 15) is 4.79 Å². The first-order chi connectivity index (χ1) is 11.3. The fourth-order valence-corrected chi connectivity index (χ4v) is 1.96. The maximum atomic E-state index is 11.9. The molecule has 1 aromatic carbocycles. The van der Waals surface area contributed by atoms with Crippen molar-refractivity contribution in [2.45, 2.75) is 32.8 Å². The first-order valence-electron chi connectivity index (χ1n) is 8.24. The molecule has 0 aromatic heterocycles. The van der Waals surface area contributed by atoms with Gasteiger partial charge in [-0.05, 0) is 32.8 Å². The molecule has 6 heteroatoms. The highest BCUT2D eigenvalue weighted by Gasteiger charge is 2.19. The van der Waals surface area contributed by atoms with Crippen molar-refractivity contribution in [1.82, 2.24) is 15.5 Å². The van der Waals surface area contributed by atoms with Crippen LogP contribution < -0.4 is 10.6 Å². The van der Waals surface area contributed by atoms with E-state index in [1.807, 2.05) is 39.0 Å². The molecule has 0 bridgehead atoms. The van der Waals surface area contributed by atoms with Gasteiger partial charge in [0.25, 0.3) is 0 Å². The van der Waals surface area contributed by atoms with Crippen LogP contribution in [0.2, 0.25) is 0 Å². The number of hydrogen-bond donors (Lipinski definition) is 2. The second-order valence-electron chi connectivity index (χ2n) is 6.56. The SMILES string of the molecule is CN=C(NCCc1ccccc1)NCCN(C)C(=O)OC(C)(C)C. The minimum atomic E-state index is -0.478. The number of nitrogens with zero attached hydrogens (tertiary/aromatic N) is 2. The summed E-state index contributed by atoms with van der Waals surface area (Å²) in [6, 6.07) is 10.3. The van der Waals surface area contributed by atoms with Crippen LogP contribution in [0.25, 0.3) is 0 Å². The van der Waals surface area contributed by atoms with E-state index in [0.29, 0.717) is 13.1 Å². The third kappa shape index (κ3) is 8.41. The molecule has 6 nitrogen and oxygen atoms in total. The van der Waals surface area contributed by atoms with Crippen molar-refractivity contribution in [3.8, 4) is 0 Å². The molecule has 0 fully saturated rings. The Morgan fingerprint density at radius 3 is 2.38 bits per heavy atom. The summed E-state index contributed by atoms with van der Waals surface area (Å²) in [5.74, 6) is 0.725. The van der Waals surface area contributed by atoms with Crippen LogP contribution in [-0.4, -0.2) is 56.3 Å². The molecule has 0 aliphatic rings. The first kappa shape index (κ1) is 19.8. The van der Waals surface area contributed by atoms with Gasteiger partial charge in [0.1, 0.15) is 5.60 Å². The van der Waals surface area contributed by atoms with Crippen molar-refractivity contribution in [2.24, 2.45) is 4.99 Å². The summed E-state index contributed by atoms with van der Waals surface area (Å²) in [6.07, 6.45) is 0.607. The predicted octanol–water partition coefficient (Wildman–Crippen LogP) is 2.26. The number of ether oxygens (including phenoxy) is 1. The van der Waals surface area contributed by atoms with E-state index in [1.54, 1.807) is 19.0 Å². The largest absolute Gasteiger partial charge is 0.444 e. The summed E-state index contributed by atoms with van der Waals surface area (Å²) in [4.78, 5) is 17.6. The highest BCUT2D eigenvalue weighted by Crippen LogP contribution is 2.08. The number of hydrogen-bond acceptors (Lipinski definition) is 3. The van der Waals surface area contributed by atoms with Crippen molar-refractivity contribution < 1.29 is 9.53 Å². The molecule has 1 rings (SSSR count). The molecule has 134 valence electrons. The van der Waals surface area contributed by atoms with Gasteiger partial charge >= 0.3 is 6.09 Å². The molecule has 24 heavy (non-hydrogen) atoms. The summed E-state index contributed by atoms with van der Waals surface area (Å²) < 4.78 is 5.31. The minimum Gasteiger partial charge on any atom is -0.444 e. The molecular formula is C18H30N4O2. The fraction of sp³-hybridized carbons (Fsp3) is 0.556. The van der Waals surface area contributed by atoms with E-state index in [-0.39, 0.29) is 6.09 Å². The van der Waals surface area contributed by atoms with Gasteiger partial charge in [0.15, 0.2) is 5.96 Å². The van der Waals surface area contributed by atoms with E-state index in [4.69, 9.17) is 4.74 Å². The molecule has 0 saturated heterocycles. The second kappa shape index (κ2) is 9.80. The summed E-state index contributed by atoms with van der Waals surface area (Å²) in [5, 5.41) is 6.46. The van der Waals surface area contributed by atoms with Gasteiger partial charge in [0, 0.05) is 33.7 Å². The average Bonchev–Trinajstić information content (AvgIpc) is 2.52. The quantitative estimate of drug-likeness (QED) is 0.619. The van der Waals surface area contributed by atoms with Crippen molar-refractivity contribution in [3.05, 3.63) is 35.9 Å². The molecule has 0 aliphatic carbocycles.